The van der Waals surface area contributed by atoms with E-state index in [0.29, 0.717) is 43.3 Å². The van der Waals surface area contributed by atoms with Crippen molar-refractivity contribution in [1.29, 1.82) is 5.26 Å². The number of fused-ring (bicyclic) bond motifs is 1. The van der Waals surface area contributed by atoms with Gasteiger partial charge in [0.05, 0.1) is 28.6 Å². The van der Waals surface area contributed by atoms with E-state index in [-0.39, 0.29) is 39.4 Å². The molecule has 0 spiro atoms. The van der Waals surface area contributed by atoms with Crippen LogP contribution in [-0.4, -0.2) is 58.1 Å². The predicted molar refractivity (Wildman–Crippen MR) is 135 cm³/mol. The van der Waals surface area contributed by atoms with Gasteiger partial charge in [0, 0.05) is 43.0 Å². The van der Waals surface area contributed by atoms with E-state index in [1.54, 1.807) is 19.9 Å². The molecule has 1 aliphatic rings. The number of anilines is 1. The van der Waals surface area contributed by atoms with E-state index >= 15 is 4.39 Å². The van der Waals surface area contributed by atoms with E-state index in [1.165, 1.54) is 12.1 Å². The molecule has 1 saturated heterocycles. The molecule has 0 bridgehead atoms. The van der Waals surface area contributed by atoms with Gasteiger partial charge in [-0.15, -0.1) is 0 Å². The van der Waals surface area contributed by atoms with Gasteiger partial charge in [0.1, 0.15) is 17.0 Å². The van der Waals surface area contributed by atoms with Crippen molar-refractivity contribution in [1.82, 2.24) is 24.8 Å². The van der Waals surface area contributed by atoms with E-state index in [2.05, 4.69) is 24.8 Å². The number of likely N-dealkylation sites (N-methyl/N-ethyl adjacent to an activating group) is 1. The third-order valence-electron chi connectivity index (χ3n) is 6.67. The minimum absolute atomic E-state index is 0.0321. The van der Waals surface area contributed by atoms with Crippen LogP contribution in [0.1, 0.15) is 22.5 Å². The van der Waals surface area contributed by atoms with Crippen LogP contribution >= 0.6 is 0 Å². The molecule has 2 aromatic carbocycles. The van der Waals surface area contributed by atoms with E-state index < -0.39 is 17.6 Å². The number of aryl methyl sites for hydroxylation is 2. The van der Waals surface area contributed by atoms with Crippen molar-refractivity contribution in [2.75, 3.05) is 38.1 Å². The third-order valence-corrected chi connectivity index (χ3v) is 6.67. The Balaban J connectivity index is 1.74. The first-order valence-corrected chi connectivity index (χ1v) is 11.9. The average Bonchev–Trinajstić information content (AvgIpc) is 2.88. The molecular weight excluding hydrogens is 498 g/mol. The zero-order chi connectivity index (χ0) is 27.2. The van der Waals surface area contributed by atoms with Crippen molar-refractivity contribution < 1.29 is 17.6 Å². The van der Waals surface area contributed by atoms with Gasteiger partial charge in [0.15, 0.2) is 11.5 Å². The molecule has 2 aromatic heterocycles. The highest BCUT2D eigenvalue weighted by Crippen LogP contribution is 2.37. The topological polar surface area (TPSA) is 81.8 Å². The van der Waals surface area contributed by atoms with Crippen LogP contribution in [0.3, 0.4) is 0 Å². The molecule has 0 saturated carbocycles. The minimum atomic E-state index is -4.59. The number of rotatable bonds is 3. The van der Waals surface area contributed by atoms with Crippen molar-refractivity contribution in [3.8, 4) is 28.7 Å². The number of alkyl halides is 3. The number of nitrogens with zero attached hydrogens (tertiary/aromatic N) is 7. The van der Waals surface area contributed by atoms with Crippen LogP contribution in [0.15, 0.2) is 36.4 Å². The summed E-state index contributed by atoms with van der Waals surface area (Å²) >= 11 is 0. The number of aromatic nitrogens is 4. The Hall–Kier alpha value is -4.17. The maximum absolute atomic E-state index is 15.1. The molecule has 0 aliphatic carbocycles. The lowest BCUT2D eigenvalue weighted by Crippen LogP contribution is -2.44. The highest BCUT2D eigenvalue weighted by Gasteiger charge is 2.32. The standard InChI is InChI=1S/C27H23F4N7/c1-15-16(2)34-26-24(33-15)23(21-5-4-17(14-32)10-22(21)28)35-25(36-26)18-11-19(27(29,30)31)13-20(12-18)38-8-6-37(3)7-9-38/h4-5,10-13H,6-9H2,1-3H3. The number of benzene rings is 2. The lowest BCUT2D eigenvalue weighted by atomic mass is 10.0. The summed E-state index contributed by atoms with van der Waals surface area (Å²) in [6, 6.07) is 9.54. The first-order chi connectivity index (χ1) is 18.0. The molecule has 38 heavy (non-hydrogen) atoms. The molecule has 7 nitrogen and oxygen atoms in total. The van der Waals surface area contributed by atoms with Gasteiger partial charge in [-0.3, -0.25) is 0 Å². The van der Waals surface area contributed by atoms with E-state index in [1.807, 2.05) is 18.0 Å². The van der Waals surface area contributed by atoms with Gasteiger partial charge in [-0.25, -0.2) is 24.3 Å². The van der Waals surface area contributed by atoms with Crippen molar-refractivity contribution in [2.45, 2.75) is 20.0 Å². The van der Waals surface area contributed by atoms with Crippen LogP contribution < -0.4 is 4.90 Å². The normalized spacial score (nSPS) is 14.6. The second-order valence-electron chi connectivity index (χ2n) is 9.33. The molecule has 0 radical (unpaired) electrons. The number of hydrogen-bond acceptors (Lipinski definition) is 7. The van der Waals surface area contributed by atoms with Crippen molar-refractivity contribution >= 4 is 16.9 Å². The fraction of sp³-hybridized carbons (Fsp3) is 0.296. The van der Waals surface area contributed by atoms with Crippen molar-refractivity contribution in [3.05, 3.63) is 64.7 Å². The van der Waals surface area contributed by atoms with Crippen LogP contribution in [0.25, 0.3) is 33.8 Å². The summed E-state index contributed by atoms with van der Waals surface area (Å²) < 4.78 is 56.9. The largest absolute Gasteiger partial charge is 0.416 e. The van der Waals surface area contributed by atoms with Crippen LogP contribution in [0.5, 0.6) is 0 Å². The summed E-state index contributed by atoms with van der Waals surface area (Å²) in [5.41, 5.74) is 1.47. The zero-order valence-corrected chi connectivity index (χ0v) is 20.9. The van der Waals surface area contributed by atoms with E-state index in [9.17, 15) is 13.2 Å². The van der Waals surface area contributed by atoms with Gasteiger partial charge in [0.25, 0.3) is 0 Å². The van der Waals surface area contributed by atoms with E-state index in [4.69, 9.17) is 5.26 Å². The van der Waals surface area contributed by atoms with Crippen LogP contribution in [0.4, 0.5) is 23.2 Å². The summed E-state index contributed by atoms with van der Waals surface area (Å²) in [4.78, 5) is 22.0. The highest BCUT2D eigenvalue weighted by atomic mass is 19.4. The van der Waals surface area contributed by atoms with Crippen LogP contribution in [0, 0.1) is 31.0 Å². The third kappa shape index (κ3) is 4.87. The molecule has 1 fully saturated rings. The maximum atomic E-state index is 15.1. The van der Waals surface area contributed by atoms with Crippen LogP contribution in [0.2, 0.25) is 0 Å². The Bertz CT molecular complexity index is 1590. The molecule has 3 heterocycles. The van der Waals surface area contributed by atoms with Gasteiger partial charge in [-0.1, -0.05) is 0 Å². The SMILES string of the molecule is Cc1nc2nc(-c3cc(N4CCN(C)CC4)cc(C(F)(F)F)c3)nc(-c3ccc(C#N)cc3F)c2nc1C. The Morgan fingerprint density at radius 2 is 1.61 bits per heavy atom. The molecule has 0 N–H and O–H groups in total. The molecule has 0 atom stereocenters. The second-order valence-corrected chi connectivity index (χ2v) is 9.33. The summed E-state index contributed by atoms with van der Waals surface area (Å²) in [6.07, 6.45) is -4.59. The molecule has 11 heteroatoms. The Morgan fingerprint density at radius 1 is 0.895 bits per heavy atom. The predicted octanol–water partition coefficient (Wildman–Crippen LogP) is 5.15. The second kappa shape index (κ2) is 9.61. The summed E-state index contributed by atoms with van der Waals surface area (Å²) in [6.45, 7) is 6.05. The molecule has 0 amide bonds. The van der Waals surface area contributed by atoms with Crippen LogP contribution in [-0.2, 0) is 6.18 Å². The number of nitriles is 1. The van der Waals surface area contributed by atoms with Gasteiger partial charge in [0.2, 0.25) is 0 Å². The van der Waals surface area contributed by atoms with Gasteiger partial charge in [-0.2, -0.15) is 18.4 Å². The molecule has 194 valence electrons. The number of halogens is 4. The fourth-order valence-corrected chi connectivity index (χ4v) is 4.36. The quantitative estimate of drug-likeness (QED) is 0.345. The maximum Gasteiger partial charge on any atom is 0.416 e. The Morgan fingerprint density at radius 3 is 2.26 bits per heavy atom. The first-order valence-electron chi connectivity index (χ1n) is 11.9. The van der Waals surface area contributed by atoms with E-state index in [0.717, 1.165) is 18.2 Å². The molecule has 1 aliphatic heterocycles. The molecular formula is C27H23F4N7. The highest BCUT2D eigenvalue weighted by molar-refractivity contribution is 5.89. The lowest BCUT2D eigenvalue weighted by Gasteiger charge is -2.34. The monoisotopic (exact) mass is 521 g/mol. The molecule has 5 rings (SSSR count). The van der Waals surface area contributed by atoms with Gasteiger partial charge < -0.3 is 9.80 Å². The summed E-state index contributed by atoms with van der Waals surface area (Å²) in [5.74, 6) is -0.743. The smallest absolute Gasteiger partial charge is 0.369 e. The zero-order valence-electron chi connectivity index (χ0n) is 20.9. The Labute approximate surface area is 216 Å². The summed E-state index contributed by atoms with van der Waals surface area (Å²) in [5, 5.41) is 9.13. The average molecular weight is 522 g/mol. The summed E-state index contributed by atoms with van der Waals surface area (Å²) in [7, 11) is 1.96. The number of hydrogen-bond donors (Lipinski definition) is 0. The lowest BCUT2D eigenvalue weighted by molar-refractivity contribution is -0.137. The first kappa shape index (κ1) is 25.5. The van der Waals surface area contributed by atoms with Crippen molar-refractivity contribution in [3.63, 3.8) is 0 Å². The van der Waals surface area contributed by atoms with Crippen molar-refractivity contribution in [2.24, 2.45) is 0 Å². The molecule has 0 unspecified atom stereocenters. The fourth-order valence-electron chi connectivity index (χ4n) is 4.36. The number of piperazine rings is 1. The minimum Gasteiger partial charge on any atom is -0.369 e. The molecule has 4 aromatic rings. The van der Waals surface area contributed by atoms with Gasteiger partial charge in [-0.05, 0) is 57.3 Å². The Kier molecular flexibility index (Phi) is 6.44. The van der Waals surface area contributed by atoms with Gasteiger partial charge >= 0.3 is 6.18 Å².